The second-order valence-electron chi connectivity index (χ2n) is 8.91. The van der Waals surface area contributed by atoms with Crippen molar-refractivity contribution in [3.8, 4) is 0 Å². The molecule has 0 unspecified atom stereocenters. The van der Waals surface area contributed by atoms with Crippen LogP contribution in [0.1, 0.15) is 40.1 Å². The highest BCUT2D eigenvalue weighted by molar-refractivity contribution is 6.44. The number of hydrogen-bond donors (Lipinski definition) is 1. The molecule has 3 aromatic rings. The third-order valence-electron chi connectivity index (χ3n) is 6.45. The Morgan fingerprint density at radius 1 is 1.06 bits per heavy atom. The van der Waals surface area contributed by atoms with Gasteiger partial charge in [0.25, 0.3) is 17.6 Å². The average molecular weight is 485 g/mol. The minimum absolute atomic E-state index is 0.0661. The number of amides is 2. The maximum absolute atomic E-state index is 13.5. The number of nitrogens with two attached hydrogens (primary N) is 1. The maximum Gasteiger partial charge on any atom is 0.289 e. The molecule has 9 heteroatoms. The molecule has 1 aliphatic heterocycles. The van der Waals surface area contributed by atoms with Gasteiger partial charge in [-0.2, -0.15) is 0 Å². The van der Waals surface area contributed by atoms with Gasteiger partial charge in [0.15, 0.2) is 0 Å². The minimum Gasteiger partial charge on any atom is -0.363 e. The van der Waals surface area contributed by atoms with Gasteiger partial charge in [0, 0.05) is 50.3 Å². The predicted molar refractivity (Wildman–Crippen MR) is 128 cm³/mol. The smallest absolute Gasteiger partial charge is 0.289 e. The van der Waals surface area contributed by atoms with Crippen molar-refractivity contribution in [1.82, 2.24) is 14.4 Å². The SMILES string of the molecule is C[C@@H]1CN(Cc2ccc(F)cc2)[C@@H](C)CN1C(=O)c1cc2c(C(=O)C(N)=O)cn(C)c2cc1Cl. The first-order valence-electron chi connectivity index (χ1n) is 11.0. The molecule has 4 rings (SSSR count). The number of rotatable bonds is 5. The van der Waals surface area contributed by atoms with E-state index in [1.807, 2.05) is 13.8 Å². The Bertz CT molecular complexity index is 1290. The van der Waals surface area contributed by atoms with Gasteiger partial charge >= 0.3 is 0 Å². The number of primary amides is 1. The molecule has 2 N–H and O–H groups in total. The van der Waals surface area contributed by atoms with Crippen molar-refractivity contribution in [1.29, 1.82) is 0 Å². The normalized spacial score (nSPS) is 18.9. The number of aromatic nitrogens is 1. The highest BCUT2D eigenvalue weighted by atomic mass is 35.5. The number of benzene rings is 2. The second kappa shape index (κ2) is 9.19. The van der Waals surface area contributed by atoms with Crippen LogP contribution in [0.25, 0.3) is 10.9 Å². The van der Waals surface area contributed by atoms with Crippen LogP contribution in [0, 0.1) is 5.82 Å². The molecule has 1 aliphatic rings. The van der Waals surface area contributed by atoms with Gasteiger partial charge in [-0.15, -0.1) is 0 Å². The van der Waals surface area contributed by atoms with Crippen LogP contribution in [0.3, 0.4) is 0 Å². The third-order valence-corrected chi connectivity index (χ3v) is 6.76. The fourth-order valence-electron chi connectivity index (χ4n) is 4.56. The van der Waals surface area contributed by atoms with Crippen LogP contribution in [0.15, 0.2) is 42.6 Å². The van der Waals surface area contributed by atoms with E-state index in [9.17, 15) is 18.8 Å². The third kappa shape index (κ3) is 4.43. The molecule has 0 saturated carbocycles. The molecule has 0 radical (unpaired) electrons. The standard InChI is InChI=1S/C25H26ClFN4O3/c1-14-11-31(15(2)10-30(14)12-16-4-6-17(27)7-5-16)25(34)19-8-18-20(23(32)24(28)33)13-29(3)22(18)9-21(19)26/h4-9,13-15H,10-12H2,1-3H3,(H2,28,33)/t14-,15+/m0/s1. The molecule has 0 bridgehead atoms. The summed E-state index contributed by atoms with van der Waals surface area (Å²) < 4.78 is 14.9. The van der Waals surface area contributed by atoms with Crippen LogP contribution in [0.5, 0.6) is 0 Å². The molecule has 1 fully saturated rings. The topological polar surface area (TPSA) is 88.6 Å². The van der Waals surface area contributed by atoms with Gasteiger partial charge in [-0.25, -0.2) is 4.39 Å². The Kier molecular flexibility index (Phi) is 6.47. The fourth-order valence-corrected chi connectivity index (χ4v) is 4.80. The molecular formula is C25H26ClFN4O3. The van der Waals surface area contributed by atoms with Crippen LogP contribution in [-0.2, 0) is 18.4 Å². The molecule has 7 nitrogen and oxygen atoms in total. The van der Waals surface area contributed by atoms with E-state index < -0.39 is 11.7 Å². The molecule has 1 aromatic heterocycles. The lowest BCUT2D eigenvalue weighted by Crippen LogP contribution is -2.57. The summed E-state index contributed by atoms with van der Waals surface area (Å²) in [5, 5.41) is 0.722. The van der Waals surface area contributed by atoms with Crippen LogP contribution < -0.4 is 5.73 Å². The van der Waals surface area contributed by atoms with Gasteiger partial charge in [-0.1, -0.05) is 23.7 Å². The number of halogens is 2. The summed E-state index contributed by atoms with van der Waals surface area (Å²) in [5.74, 6) is -2.39. The van der Waals surface area contributed by atoms with Crippen molar-refractivity contribution < 1.29 is 18.8 Å². The number of fused-ring (bicyclic) bond motifs is 1. The first-order valence-corrected chi connectivity index (χ1v) is 11.4. The quantitative estimate of drug-likeness (QED) is 0.444. The number of Topliss-reactive ketones (excluding diaryl/α,β-unsaturated/α-hetero) is 1. The van der Waals surface area contributed by atoms with Crippen molar-refractivity contribution >= 4 is 40.1 Å². The molecule has 2 amide bonds. The number of aryl methyl sites for hydroxylation is 1. The van der Waals surface area contributed by atoms with Crippen molar-refractivity contribution in [3.63, 3.8) is 0 Å². The molecule has 1 saturated heterocycles. The Hall–Kier alpha value is -3.23. The second-order valence-corrected chi connectivity index (χ2v) is 9.31. The van der Waals surface area contributed by atoms with Gasteiger partial charge in [0.05, 0.1) is 21.7 Å². The van der Waals surface area contributed by atoms with E-state index in [0.29, 0.717) is 30.5 Å². The summed E-state index contributed by atoms with van der Waals surface area (Å²) in [6.07, 6.45) is 1.52. The number of carbonyl (C=O) groups excluding carboxylic acids is 3. The summed E-state index contributed by atoms with van der Waals surface area (Å²) in [6.45, 7) is 5.79. The fraction of sp³-hybridized carbons (Fsp3) is 0.320. The van der Waals surface area contributed by atoms with Gasteiger partial charge < -0.3 is 15.2 Å². The summed E-state index contributed by atoms with van der Waals surface area (Å²) in [7, 11) is 1.72. The molecule has 2 heterocycles. The van der Waals surface area contributed by atoms with Gasteiger partial charge in [-0.05, 0) is 43.7 Å². The zero-order chi connectivity index (χ0) is 24.7. The zero-order valence-electron chi connectivity index (χ0n) is 19.2. The minimum atomic E-state index is -1.06. The first kappa shape index (κ1) is 23.9. The molecule has 34 heavy (non-hydrogen) atoms. The summed E-state index contributed by atoms with van der Waals surface area (Å²) in [5.41, 5.74) is 7.23. The van der Waals surface area contributed by atoms with E-state index in [0.717, 1.165) is 5.56 Å². The van der Waals surface area contributed by atoms with E-state index in [1.165, 1.54) is 18.3 Å². The lowest BCUT2D eigenvalue weighted by Gasteiger charge is -2.44. The van der Waals surface area contributed by atoms with Gasteiger partial charge in [0.1, 0.15) is 5.82 Å². The number of ketones is 1. The van der Waals surface area contributed by atoms with Gasteiger partial charge in [0.2, 0.25) is 0 Å². The average Bonchev–Trinajstić information content (AvgIpc) is 3.11. The number of hydrogen-bond acceptors (Lipinski definition) is 4. The highest BCUT2D eigenvalue weighted by Crippen LogP contribution is 2.30. The van der Waals surface area contributed by atoms with Crippen molar-refractivity contribution in [2.75, 3.05) is 13.1 Å². The van der Waals surface area contributed by atoms with Crippen LogP contribution in [0.2, 0.25) is 5.02 Å². The number of nitrogens with zero attached hydrogens (tertiary/aromatic N) is 3. The van der Waals surface area contributed by atoms with E-state index >= 15 is 0 Å². The largest absolute Gasteiger partial charge is 0.363 e. The lowest BCUT2D eigenvalue weighted by molar-refractivity contribution is -0.114. The van der Waals surface area contributed by atoms with Crippen LogP contribution in [0.4, 0.5) is 4.39 Å². The maximum atomic E-state index is 13.5. The van der Waals surface area contributed by atoms with E-state index in [1.54, 1.807) is 40.8 Å². The summed E-state index contributed by atoms with van der Waals surface area (Å²) in [6, 6.07) is 9.59. The molecular weight excluding hydrogens is 459 g/mol. The van der Waals surface area contributed by atoms with Crippen molar-refractivity contribution in [2.45, 2.75) is 32.5 Å². The van der Waals surface area contributed by atoms with E-state index in [2.05, 4.69) is 4.90 Å². The predicted octanol–water partition coefficient (Wildman–Crippen LogP) is 3.37. The van der Waals surface area contributed by atoms with Gasteiger partial charge in [-0.3, -0.25) is 19.3 Å². The monoisotopic (exact) mass is 484 g/mol. The van der Waals surface area contributed by atoms with E-state index in [4.69, 9.17) is 17.3 Å². The highest BCUT2D eigenvalue weighted by Gasteiger charge is 2.33. The summed E-state index contributed by atoms with van der Waals surface area (Å²) in [4.78, 5) is 41.4. The van der Waals surface area contributed by atoms with Crippen molar-refractivity contribution in [3.05, 3.63) is 70.1 Å². The Balaban J connectivity index is 1.60. The molecule has 178 valence electrons. The Morgan fingerprint density at radius 2 is 1.74 bits per heavy atom. The van der Waals surface area contributed by atoms with Crippen LogP contribution in [-0.4, -0.2) is 57.1 Å². The molecule has 2 atom stereocenters. The number of piperazine rings is 1. The lowest BCUT2D eigenvalue weighted by atomic mass is 10.0. The Morgan fingerprint density at radius 3 is 2.38 bits per heavy atom. The first-order chi connectivity index (χ1) is 16.1. The van der Waals surface area contributed by atoms with E-state index in [-0.39, 0.29) is 40.0 Å². The molecule has 0 aliphatic carbocycles. The van der Waals surface area contributed by atoms with Crippen LogP contribution >= 0.6 is 11.6 Å². The van der Waals surface area contributed by atoms with Crippen molar-refractivity contribution in [2.24, 2.45) is 12.8 Å². The number of carbonyl (C=O) groups is 3. The molecule has 2 aromatic carbocycles. The summed E-state index contributed by atoms with van der Waals surface area (Å²) >= 11 is 6.50. The Labute approximate surface area is 201 Å². The zero-order valence-corrected chi connectivity index (χ0v) is 20.0. The molecule has 0 spiro atoms.